The van der Waals surface area contributed by atoms with Gasteiger partial charge in [0.1, 0.15) is 0 Å². The fourth-order valence-corrected chi connectivity index (χ4v) is 6.31. The second kappa shape index (κ2) is 4.94. The van der Waals surface area contributed by atoms with E-state index >= 15 is 0 Å². The van der Waals surface area contributed by atoms with Crippen molar-refractivity contribution in [3.8, 4) is 12.3 Å². The van der Waals surface area contributed by atoms with E-state index in [4.69, 9.17) is 6.42 Å². The summed E-state index contributed by atoms with van der Waals surface area (Å²) in [6, 6.07) is 0. The lowest BCUT2D eigenvalue weighted by Gasteiger charge is -2.53. The van der Waals surface area contributed by atoms with Gasteiger partial charge in [-0.2, -0.15) is 0 Å². The van der Waals surface area contributed by atoms with E-state index in [1.54, 1.807) is 0 Å². The maximum Gasteiger partial charge on any atom is 0.189 e. The molecule has 3 nitrogen and oxygen atoms in total. The normalized spacial score (nSPS) is 52.0. The van der Waals surface area contributed by atoms with E-state index in [0.717, 1.165) is 38.5 Å². The van der Waals surface area contributed by atoms with Crippen LogP contribution in [0.2, 0.25) is 0 Å². The molecule has 3 heteroatoms. The largest absolute Gasteiger partial charge is 0.393 e. The number of fused-ring (bicyclic) bond motifs is 5. The molecule has 0 aromatic rings. The van der Waals surface area contributed by atoms with Crippen LogP contribution in [0.15, 0.2) is 11.6 Å². The number of hydrogen-bond donors (Lipinski definition) is 2. The minimum atomic E-state index is -1.57. The summed E-state index contributed by atoms with van der Waals surface area (Å²) >= 11 is 0. The van der Waals surface area contributed by atoms with E-state index in [1.807, 2.05) is 6.92 Å². The number of rotatable bonds is 0. The van der Waals surface area contributed by atoms with Crippen molar-refractivity contribution in [3.63, 3.8) is 0 Å². The summed E-state index contributed by atoms with van der Waals surface area (Å²) in [7, 11) is 0. The summed E-state index contributed by atoms with van der Waals surface area (Å²) in [5, 5.41) is 20.8. The molecule has 3 saturated carbocycles. The Morgan fingerprint density at radius 1 is 1.26 bits per heavy atom. The highest BCUT2D eigenvalue weighted by atomic mass is 16.3. The number of Topliss-reactive ketones (excluding diaryl/α,β-unsaturated/α-hetero) is 1. The Morgan fingerprint density at radius 2 is 2.04 bits per heavy atom. The number of ketones is 1. The van der Waals surface area contributed by atoms with Crippen molar-refractivity contribution in [1.29, 1.82) is 0 Å². The van der Waals surface area contributed by atoms with Crippen molar-refractivity contribution >= 4 is 5.78 Å². The molecular formula is C20H26O3. The lowest BCUT2D eigenvalue weighted by atomic mass is 9.51. The third kappa shape index (κ3) is 1.88. The van der Waals surface area contributed by atoms with Gasteiger partial charge in [0.25, 0.3) is 0 Å². The van der Waals surface area contributed by atoms with Crippen LogP contribution in [0.5, 0.6) is 0 Å². The highest BCUT2D eigenvalue weighted by Crippen LogP contribution is 2.63. The molecule has 124 valence electrons. The van der Waals surface area contributed by atoms with E-state index in [1.165, 1.54) is 5.57 Å². The SMILES string of the molecule is C#C[C@]1(O)C(=O)CC2C3CC=C4C[C@@H](O)CC[C@@H]4C3CC[C@@]21C. The van der Waals surface area contributed by atoms with E-state index in [9.17, 15) is 15.0 Å². The number of terminal acetylenes is 1. The number of allylic oxidation sites excluding steroid dienone is 1. The van der Waals surface area contributed by atoms with Gasteiger partial charge in [-0.25, -0.2) is 0 Å². The second-order valence-electron chi connectivity index (χ2n) is 8.43. The molecule has 0 aliphatic heterocycles. The smallest absolute Gasteiger partial charge is 0.189 e. The van der Waals surface area contributed by atoms with Crippen LogP contribution in [0.4, 0.5) is 0 Å². The monoisotopic (exact) mass is 314 g/mol. The average molecular weight is 314 g/mol. The van der Waals surface area contributed by atoms with Crippen molar-refractivity contribution in [2.75, 3.05) is 0 Å². The van der Waals surface area contributed by atoms with Gasteiger partial charge in [0.05, 0.1) is 6.10 Å². The van der Waals surface area contributed by atoms with Gasteiger partial charge in [0.15, 0.2) is 11.4 Å². The topological polar surface area (TPSA) is 57.5 Å². The van der Waals surface area contributed by atoms with Crippen LogP contribution in [0.3, 0.4) is 0 Å². The molecule has 0 heterocycles. The van der Waals surface area contributed by atoms with Crippen LogP contribution in [0.1, 0.15) is 51.9 Å². The van der Waals surface area contributed by atoms with E-state index < -0.39 is 11.0 Å². The molecule has 3 unspecified atom stereocenters. The molecule has 2 N–H and O–H groups in total. The van der Waals surface area contributed by atoms with Gasteiger partial charge < -0.3 is 10.2 Å². The first-order valence-corrected chi connectivity index (χ1v) is 9.01. The van der Waals surface area contributed by atoms with Crippen molar-refractivity contribution in [2.24, 2.45) is 29.1 Å². The Kier molecular flexibility index (Phi) is 3.31. The standard InChI is InChI=1S/C20H26O3/c1-3-20(23)18(22)11-17-16-6-4-12-10-13(21)5-7-14(12)15(16)8-9-19(17,20)2/h1,4,13-17,21,23H,5-11H2,2H3/t13-,14-,15?,16?,17?,19-,20-/m0/s1. The molecule has 7 atom stereocenters. The molecule has 4 aliphatic carbocycles. The molecule has 0 saturated heterocycles. The van der Waals surface area contributed by atoms with Crippen molar-refractivity contribution in [2.45, 2.75) is 63.6 Å². The Balaban J connectivity index is 1.68. The molecule has 4 aliphatic rings. The minimum Gasteiger partial charge on any atom is -0.393 e. The van der Waals surface area contributed by atoms with E-state index in [2.05, 4.69) is 12.0 Å². The highest BCUT2D eigenvalue weighted by Gasteiger charge is 2.65. The summed E-state index contributed by atoms with van der Waals surface area (Å²) in [6.45, 7) is 2.03. The zero-order valence-electron chi connectivity index (χ0n) is 13.8. The van der Waals surface area contributed by atoms with Gasteiger partial charge >= 0.3 is 0 Å². The number of aliphatic hydroxyl groups excluding tert-OH is 1. The van der Waals surface area contributed by atoms with Gasteiger partial charge in [-0.3, -0.25) is 4.79 Å². The Morgan fingerprint density at radius 3 is 2.78 bits per heavy atom. The Hall–Kier alpha value is -1.11. The van der Waals surface area contributed by atoms with Crippen LogP contribution < -0.4 is 0 Å². The first-order valence-electron chi connectivity index (χ1n) is 9.01. The third-order valence-corrected chi connectivity index (χ3v) is 7.65. The first kappa shape index (κ1) is 15.4. The number of aliphatic hydroxyl groups is 2. The summed E-state index contributed by atoms with van der Waals surface area (Å²) in [5.41, 5.74) is -0.611. The van der Waals surface area contributed by atoms with Gasteiger partial charge in [0, 0.05) is 11.8 Å². The van der Waals surface area contributed by atoms with E-state index in [-0.39, 0.29) is 17.8 Å². The lowest BCUT2D eigenvalue weighted by molar-refractivity contribution is -0.138. The fraction of sp³-hybridized carbons (Fsp3) is 0.750. The van der Waals surface area contributed by atoms with Crippen LogP contribution >= 0.6 is 0 Å². The van der Waals surface area contributed by atoms with Crippen LogP contribution in [-0.4, -0.2) is 27.7 Å². The Labute approximate surface area is 138 Å². The maximum atomic E-state index is 12.5. The summed E-state index contributed by atoms with van der Waals surface area (Å²) in [5.74, 6) is 4.09. The average Bonchev–Trinajstić information content (AvgIpc) is 2.75. The molecule has 3 fully saturated rings. The quantitative estimate of drug-likeness (QED) is 0.533. The summed E-state index contributed by atoms with van der Waals surface area (Å²) < 4.78 is 0. The molecule has 0 spiro atoms. The molecule has 0 amide bonds. The lowest BCUT2D eigenvalue weighted by Crippen LogP contribution is -2.53. The zero-order chi connectivity index (χ0) is 16.4. The van der Waals surface area contributed by atoms with Crippen molar-refractivity contribution in [3.05, 3.63) is 11.6 Å². The zero-order valence-corrected chi connectivity index (χ0v) is 13.8. The maximum absolute atomic E-state index is 12.5. The highest BCUT2D eigenvalue weighted by molar-refractivity contribution is 5.94. The summed E-state index contributed by atoms with van der Waals surface area (Å²) in [4.78, 5) is 12.5. The number of carbonyl (C=O) groups is 1. The summed E-state index contributed by atoms with van der Waals surface area (Å²) in [6.07, 6.45) is 13.8. The van der Waals surface area contributed by atoms with Crippen molar-refractivity contribution in [1.82, 2.24) is 0 Å². The van der Waals surface area contributed by atoms with Gasteiger partial charge in [-0.15, -0.1) is 6.42 Å². The predicted molar refractivity (Wildman–Crippen MR) is 87.3 cm³/mol. The molecule has 4 rings (SSSR count). The number of hydrogen-bond acceptors (Lipinski definition) is 3. The van der Waals surface area contributed by atoms with Gasteiger partial charge in [0.2, 0.25) is 0 Å². The molecule has 0 bridgehead atoms. The molecule has 0 aromatic heterocycles. The van der Waals surface area contributed by atoms with Gasteiger partial charge in [-0.1, -0.05) is 24.5 Å². The Bertz CT molecular complexity index is 615. The number of carbonyl (C=O) groups excluding carboxylic acids is 1. The second-order valence-corrected chi connectivity index (χ2v) is 8.43. The molecule has 0 radical (unpaired) electrons. The van der Waals surface area contributed by atoms with Gasteiger partial charge in [-0.05, 0) is 62.2 Å². The molecule has 0 aromatic carbocycles. The minimum absolute atomic E-state index is 0.151. The van der Waals surface area contributed by atoms with Crippen molar-refractivity contribution < 1.29 is 15.0 Å². The van der Waals surface area contributed by atoms with Crippen LogP contribution in [0.25, 0.3) is 0 Å². The van der Waals surface area contributed by atoms with E-state index in [0.29, 0.717) is 24.2 Å². The molecular weight excluding hydrogens is 288 g/mol. The fourth-order valence-electron chi connectivity index (χ4n) is 6.31. The predicted octanol–water partition coefficient (Wildman–Crippen LogP) is 2.46. The van der Waals surface area contributed by atoms with Crippen LogP contribution in [0, 0.1) is 41.4 Å². The van der Waals surface area contributed by atoms with Crippen LogP contribution in [-0.2, 0) is 4.79 Å². The molecule has 23 heavy (non-hydrogen) atoms. The third-order valence-electron chi connectivity index (χ3n) is 7.65. The first-order chi connectivity index (χ1) is 10.9.